The van der Waals surface area contributed by atoms with Crippen molar-refractivity contribution < 1.29 is 8.83 Å². The Morgan fingerprint density at radius 2 is 1.00 bits per heavy atom. The van der Waals surface area contributed by atoms with Gasteiger partial charge in [-0.2, -0.15) is 0 Å². The second-order valence-corrected chi connectivity index (χ2v) is 12.8. The van der Waals surface area contributed by atoms with Crippen molar-refractivity contribution in [1.29, 1.82) is 0 Å². The van der Waals surface area contributed by atoms with Gasteiger partial charge in [0.25, 0.3) is 0 Å². The minimum Gasteiger partial charge on any atom is -0.456 e. The van der Waals surface area contributed by atoms with Crippen LogP contribution < -0.4 is 4.90 Å². The van der Waals surface area contributed by atoms with Crippen molar-refractivity contribution in [3.8, 4) is 33.7 Å². The van der Waals surface area contributed by atoms with Gasteiger partial charge in [0.2, 0.25) is 5.89 Å². The quantitative estimate of drug-likeness (QED) is 0.179. The van der Waals surface area contributed by atoms with E-state index in [9.17, 15) is 0 Å². The molecule has 0 N–H and O–H groups in total. The maximum absolute atomic E-state index is 6.45. The molecule has 0 saturated heterocycles. The molecule has 0 bridgehead atoms. The van der Waals surface area contributed by atoms with Gasteiger partial charge in [-0.25, -0.2) is 4.98 Å². The largest absolute Gasteiger partial charge is 0.456 e. The lowest BCUT2D eigenvalue weighted by Gasteiger charge is -2.26. The molecule has 4 nitrogen and oxygen atoms in total. The zero-order valence-corrected chi connectivity index (χ0v) is 27.5. The number of oxazole rings is 1. The molecule has 10 aromatic rings. The van der Waals surface area contributed by atoms with Gasteiger partial charge < -0.3 is 13.7 Å². The summed E-state index contributed by atoms with van der Waals surface area (Å²) in [5.74, 6) is 0.594. The first-order valence-electron chi connectivity index (χ1n) is 17.1. The Balaban J connectivity index is 1.14. The second-order valence-electron chi connectivity index (χ2n) is 12.8. The van der Waals surface area contributed by atoms with Crippen molar-refractivity contribution in [3.05, 3.63) is 182 Å². The fraction of sp³-hybridized carbons (Fsp3) is 0. The van der Waals surface area contributed by atoms with Crippen molar-refractivity contribution in [1.82, 2.24) is 4.98 Å². The normalized spacial score (nSPS) is 11.5. The lowest BCUT2D eigenvalue weighted by atomic mass is 9.98. The first-order chi connectivity index (χ1) is 25.3. The molecule has 0 unspecified atom stereocenters. The average molecular weight is 655 g/mol. The molecule has 0 aliphatic rings. The van der Waals surface area contributed by atoms with E-state index < -0.39 is 0 Å². The number of rotatable bonds is 6. The molecule has 0 radical (unpaired) electrons. The van der Waals surface area contributed by atoms with Crippen molar-refractivity contribution in [2.45, 2.75) is 0 Å². The Hall–Kier alpha value is -6.91. The minimum absolute atomic E-state index is 0.594. The number of hydrogen-bond donors (Lipinski definition) is 0. The van der Waals surface area contributed by atoms with E-state index in [2.05, 4.69) is 138 Å². The van der Waals surface area contributed by atoms with E-state index in [1.807, 2.05) is 48.5 Å². The molecule has 10 rings (SSSR count). The molecule has 0 atom stereocenters. The highest BCUT2D eigenvalue weighted by molar-refractivity contribution is 6.21. The summed E-state index contributed by atoms with van der Waals surface area (Å²) in [6.07, 6.45) is 0. The predicted molar refractivity (Wildman–Crippen MR) is 210 cm³/mol. The fourth-order valence-corrected chi connectivity index (χ4v) is 7.25. The highest BCUT2D eigenvalue weighted by Gasteiger charge is 2.20. The Kier molecular flexibility index (Phi) is 6.78. The van der Waals surface area contributed by atoms with Gasteiger partial charge in [0.15, 0.2) is 5.58 Å². The number of fused-ring (bicyclic) bond motifs is 6. The van der Waals surface area contributed by atoms with Gasteiger partial charge in [0.05, 0.1) is 5.39 Å². The lowest BCUT2D eigenvalue weighted by molar-refractivity contribution is 0.619. The van der Waals surface area contributed by atoms with Gasteiger partial charge in [-0.15, -0.1) is 0 Å². The minimum atomic E-state index is 0.594. The second kappa shape index (κ2) is 11.9. The molecule has 4 heteroatoms. The van der Waals surface area contributed by atoms with Crippen LogP contribution in [0.1, 0.15) is 0 Å². The van der Waals surface area contributed by atoms with Crippen molar-refractivity contribution >= 4 is 60.9 Å². The highest BCUT2D eigenvalue weighted by Crippen LogP contribution is 2.43. The monoisotopic (exact) mass is 654 g/mol. The molecule has 51 heavy (non-hydrogen) atoms. The van der Waals surface area contributed by atoms with Crippen molar-refractivity contribution in [3.63, 3.8) is 0 Å². The highest BCUT2D eigenvalue weighted by atomic mass is 16.4. The first kappa shape index (κ1) is 29.0. The van der Waals surface area contributed by atoms with Crippen molar-refractivity contribution in [2.75, 3.05) is 4.90 Å². The Morgan fingerprint density at radius 1 is 0.373 bits per heavy atom. The summed E-state index contributed by atoms with van der Waals surface area (Å²) in [7, 11) is 0. The Labute approximate surface area is 294 Å². The molecule has 0 aliphatic heterocycles. The van der Waals surface area contributed by atoms with E-state index in [0.29, 0.717) is 5.89 Å². The van der Waals surface area contributed by atoms with E-state index >= 15 is 0 Å². The average Bonchev–Trinajstić information content (AvgIpc) is 3.81. The molecule has 2 heterocycles. The number of furan rings is 1. The fourth-order valence-electron chi connectivity index (χ4n) is 7.25. The van der Waals surface area contributed by atoms with Crippen LogP contribution in [0.3, 0.4) is 0 Å². The maximum Gasteiger partial charge on any atom is 0.227 e. The molecule has 0 spiro atoms. The predicted octanol–water partition coefficient (Wildman–Crippen LogP) is 13.4. The molecule has 2 aromatic heterocycles. The maximum atomic E-state index is 6.45. The van der Waals surface area contributed by atoms with Crippen LogP contribution in [-0.2, 0) is 0 Å². The van der Waals surface area contributed by atoms with Gasteiger partial charge in [0.1, 0.15) is 16.7 Å². The molecule has 0 saturated carbocycles. The molecule has 240 valence electrons. The van der Waals surface area contributed by atoms with E-state index in [4.69, 9.17) is 13.8 Å². The van der Waals surface area contributed by atoms with Crippen LogP contribution in [0.5, 0.6) is 0 Å². The first-order valence-corrected chi connectivity index (χ1v) is 17.1. The third-order valence-electron chi connectivity index (χ3n) is 9.68. The summed E-state index contributed by atoms with van der Waals surface area (Å²) in [4.78, 5) is 7.35. The summed E-state index contributed by atoms with van der Waals surface area (Å²) in [5.41, 5.74) is 11.8. The number of nitrogens with zero attached hydrogens (tertiary/aromatic N) is 2. The summed E-state index contributed by atoms with van der Waals surface area (Å²) >= 11 is 0. The van der Waals surface area contributed by atoms with Crippen LogP contribution in [-0.4, -0.2) is 4.98 Å². The SMILES string of the molecule is c1ccc(-c2ccc(N(c3cccc(-c4cccc5oc6ccc7oc(-c8ccccc8)nc7c6c45)c3)c3ccc4ccccc4c3)cc2)cc1. The van der Waals surface area contributed by atoms with Crippen LogP contribution in [0, 0.1) is 0 Å². The smallest absolute Gasteiger partial charge is 0.227 e. The molecular weight excluding hydrogens is 625 g/mol. The number of hydrogen-bond acceptors (Lipinski definition) is 4. The topological polar surface area (TPSA) is 42.4 Å². The van der Waals surface area contributed by atoms with Gasteiger partial charge in [0, 0.05) is 28.0 Å². The zero-order chi connectivity index (χ0) is 33.7. The number of aromatic nitrogens is 1. The van der Waals surface area contributed by atoms with Crippen LogP contribution in [0.4, 0.5) is 17.1 Å². The third kappa shape index (κ3) is 5.04. The van der Waals surface area contributed by atoms with E-state index in [1.165, 1.54) is 21.9 Å². The molecule has 0 amide bonds. The molecule has 0 fully saturated rings. The number of benzene rings is 8. The van der Waals surface area contributed by atoms with Gasteiger partial charge >= 0.3 is 0 Å². The number of anilines is 3. The Morgan fingerprint density at radius 3 is 1.82 bits per heavy atom. The van der Waals surface area contributed by atoms with Crippen LogP contribution in [0.25, 0.3) is 77.5 Å². The Bertz CT molecular complexity index is 2850. The van der Waals surface area contributed by atoms with Crippen molar-refractivity contribution in [2.24, 2.45) is 0 Å². The third-order valence-corrected chi connectivity index (χ3v) is 9.68. The summed E-state index contributed by atoms with van der Waals surface area (Å²) < 4.78 is 12.7. The standard InChI is InChI=1S/C47H30N2O2/c1-3-11-31(12-4-1)33-21-24-37(25-22-33)49(39-26-23-32-13-7-8-16-35(32)29-39)38-18-9-17-36(30-38)40-19-10-20-41-44(40)45-42(50-41)27-28-43-46(45)48-47(51-43)34-14-5-2-6-15-34/h1-30H. The lowest BCUT2D eigenvalue weighted by Crippen LogP contribution is -2.10. The van der Waals surface area contributed by atoms with Crippen LogP contribution >= 0.6 is 0 Å². The summed E-state index contributed by atoms with van der Waals surface area (Å²) in [6, 6.07) is 63.5. The van der Waals surface area contributed by atoms with E-state index in [1.54, 1.807) is 0 Å². The van der Waals surface area contributed by atoms with Gasteiger partial charge in [-0.3, -0.25) is 0 Å². The molecule has 0 aliphatic carbocycles. The van der Waals surface area contributed by atoms with Crippen LogP contribution in [0.2, 0.25) is 0 Å². The zero-order valence-electron chi connectivity index (χ0n) is 27.5. The van der Waals surface area contributed by atoms with E-state index in [-0.39, 0.29) is 0 Å². The molecular formula is C47H30N2O2. The summed E-state index contributed by atoms with van der Waals surface area (Å²) in [5, 5.41) is 4.38. The van der Waals surface area contributed by atoms with Gasteiger partial charge in [-0.1, -0.05) is 115 Å². The van der Waals surface area contributed by atoms with Gasteiger partial charge in [-0.05, 0) is 99.8 Å². The van der Waals surface area contributed by atoms with E-state index in [0.717, 1.165) is 66.8 Å². The van der Waals surface area contributed by atoms with Crippen LogP contribution in [0.15, 0.2) is 191 Å². The molecule has 8 aromatic carbocycles. The summed E-state index contributed by atoms with van der Waals surface area (Å²) in [6.45, 7) is 0.